The molecule has 2 aromatic carbocycles. The summed E-state index contributed by atoms with van der Waals surface area (Å²) in [5.41, 5.74) is 3.78. The van der Waals surface area contributed by atoms with Crippen LogP contribution in [0.4, 0.5) is 11.8 Å². The summed E-state index contributed by atoms with van der Waals surface area (Å²) in [5, 5.41) is 6.91. The molecule has 0 radical (unpaired) electrons. The standard InChI is InChI=1S/C25H30N4/c1-18(2)16-26-24-15-23(22-14-13-21(22)20-11-7-4-8-12-20)28-25(29-24)27-17-19-9-5-3-6-10-19/h3-12,15,18,21-22H,13-14,16-17H2,1-2H3,(H2,26,27,28,29). The molecule has 0 saturated heterocycles. The first-order valence-electron chi connectivity index (χ1n) is 10.6. The van der Waals surface area contributed by atoms with E-state index in [0.29, 0.717) is 23.7 Å². The lowest BCUT2D eigenvalue weighted by Gasteiger charge is -2.37. The third-order valence-electron chi connectivity index (χ3n) is 5.61. The van der Waals surface area contributed by atoms with E-state index in [1.54, 1.807) is 0 Å². The molecule has 2 unspecified atom stereocenters. The summed E-state index contributed by atoms with van der Waals surface area (Å²) in [5.74, 6) is 3.19. The van der Waals surface area contributed by atoms with Crippen molar-refractivity contribution in [3.63, 3.8) is 0 Å². The number of benzene rings is 2. The Hall–Kier alpha value is -2.88. The topological polar surface area (TPSA) is 49.8 Å². The third kappa shape index (κ3) is 4.94. The molecule has 2 atom stereocenters. The van der Waals surface area contributed by atoms with E-state index in [4.69, 9.17) is 9.97 Å². The fourth-order valence-electron chi connectivity index (χ4n) is 3.86. The van der Waals surface area contributed by atoms with Gasteiger partial charge in [-0.1, -0.05) is 74.5 Å². The Bertz CT molecular complexity index is 909. The van der Waals surface area contributed by atoms with Crippen LogP contribution in [-0.4, -0.2) is 16.5 Å². The molecule has 0 amide bonds. The van der Waals surface area contributed by atoms with Gasteiger partial charge in [0, 0.05) is 25.1 Å². The van der Waals surface area contributed by atoms with Gasteiger partial charge in [-0.3, -0.25) is 0 Å². The minimum atomic E-state index is 0.456. The van der Waals surface area contributed by atoms with Gasteiger partial charge in [0.2, 0.25) is 5.95 Å². The Morgan fingerprint density at radius 3 is 2.21 bits per heavy atom. The van der Waals surface area contributed by atoms with Crippen molar-refractivity contribution >= 4 is 11.8 Å². The van der Waals surface area contributed by atoms with Crippen LogP contribution in [0.3, 0.4) is 0 Å². The van der Waals surface area contributed by atoms with Crippen LogP contribution in [0.5, 0.6) is 0 Å². The lowest BCUT2D eigenvalue weighted by atomic mass is 9.68. The van der Waals surface area contributed by atoms with Gasteiger partial charge in [0.05, 0.1) is 5.69 Å². The zero-order valence-corrected chi connectivity index (χ0v) is 17.3. The Morgan fingerprint density at radius 1 is 0.862 bits per heavy atom. The van der Waals surface area contributed by atoms with Gasteiger partial charge in [-0.15, -0.1) is 0 Å². The first-order chi connectivity index (χ1) is 14.2. The maximum absolute atomic E-state index is 4.91. The molecule has 0 spiro atoms. The average Bonchev–Trinajstić information content (AvgIpc) is 2.71. The van der Waals surface area contributed by atoms with E-state index in [2.05, 4.69) is 85.1 Å². The summed E-state index contributed by atoms with van der Waals surface area (Å²) in [7, 11) is 0. The summed E-state index contributed by atoms with van der Waals surface area (Å²) in [4.78, 5) is 9.64. The lowest BCUT2D eigenvalue weighted by molar-refractivity contribution is 0.340. The third-order valence-corrected chi connectivity index (χ3v) is 5.61. The van der Waals surface area contributed by atoms with E-state index in [0.717, 1.165) is 24.6 Å². The molecule has 1 aliphatic carbocycles. The normalized spacial score (nSPS) is 18.3. The molecular weight excluding hydrogens is 356 g/mol. The zero-order valence-electron chi connectivity index (χ0n) is 17.3. The molecule has 0 bridgehead atoms. The number of rotatable bonds is 8. The molecule has 4 rings (SSSR count). The predicted octanol–water partition coefficient (Wildman–Crippen LogP) is 5.82. The van der Waals surface area contributed by atoms with E-state index in [1.165, 1.54) is 24.0 Å². The molecule has 150 valence electrons. The van der Waals surface area contributed by atoms with Gasteiger partial charge in [0.25, 0.3) is 0 Å². The lowest BCUT2D eigenvalue weighted by Crippen LogP contribution is -2.24. The van der Waals surface area contributed by atoms with Crippen LogP contribution in [-0.2, 0) is 6.54 Å². The van der Waals surface area contributed by atoms with E-state index in [-0.39, 0.29) is 0 Å². The van der Waals surface area contributed by atoms with Crippen LogP contribution in [0.2, 0.25) is 0 Å². The molecule has 2 N–H and O–H groups in total. The van der Waals surface area contributed by atoms with Crippen molar-refractivity contribution in [3.05, 3.63) is 83.6 Å². The van der Waals surface area contributed by atoms with Crippen LogP contribution in [0.1, 0.15) is 55.3 Å². The number of aromatic nitrogens is 2. The summed E-state index contributed by atoms with van der Waals surface area (Å²) >= 11 is 0. The van der Waals surface area contributed by atoms with Crippen molar-refractivity contribution in [2.75, 3.05) is 17.2 Å². The molecular formula is C25H30N4. The van der Waals surface area contributed by atoms with Gasteiger partial charge in [0.15, 0.2) is 0 Å². The Morgan fingerprint density at radius 2 is 1.55 bits per heavy atom. The second-order valence-corrected chi connectivity index (χ2v) is 8.32. The zero-order chi connectivity index (χ0) is 20.1. The van der Waals surface area contributed by atoms with E-state index < -0.39 is 0 Å². The summed E-state index contributed by atoms with van der Waals surface area (Å²) < 4.78 is 0. The monoisotopic (exact) mass is 386 g/mol. The van der Waals surface area contributed by atoms with Crippen LogP contribution in [0, 0.1) is 5.92 Å². The van der Waals surface area contributed by atoms with Gasteiger partial charge in [-0.25, -0.2) is 4.98 Å². The number of nitrogens with one attached hydrogen (secondary N) is 2. The van der Waals surface area contributed by atoms with Crippen molar-refractivity contribution in [1.29, 1.82) is 0 Å². The van der Waals surface area contributed by atoms with Gasteiger partial charge < -0.3 is 10.6 Å². The molecule has 29 heavy (non-hydrogen) atoms. The van der Waals surface area contributed by atoms with Crippen molar-refractivity contribution in [3.8, 4) is 0 Å². The van der Waals surface area contributed by atoms with E-state index >= 15 is 0 Å². The van der Waals surface area contributed by atoms with Gasteiger partial charge in [-0.2, -0.15) is 4.98 Å². The molecule has 4 nitrogen and oxygen atoms in total. The van der Waals surface area contributed by atoms with E-state index in [9.17, 15) is 0 Å². The van der Waals surface area contributed by atoms with Gasteiger partial charge >= 0.3 is 0 Å². The largest absolute Gasteiger partial charge is 0.370 e. The number of hydrogen-bond donors (Lipinski definition) is 2. The molecule has 3 aromatic rings. The SMILES string of the molecule is CC(C)CNc1cc(C2CCC2c2ccccc2)nc(NCc2ccccc2)n1. The second-order valence-electron chi connectivity index (χ2n) is 8.32. The highest BCUT2D eigenvalue weighted by molar-refractivity contribution is 5.45. The highest BCUT2D eigenvalue weighted by Gasteiger charge is 2.34. The minimum absolute atomic E-state index is 0.456. The minimum Gasteiger partial charge on any atom is -0.370 e. The molecule has 1 aromatic heterocycles. The maximum Gasteiger partial charge on any atom is 0.225 e. The van der Waals surface area contributed by atoms with Crippen LogP contribution >= 0.6 is 0 Å². The van der Waals surface area contributed by atoms with Crippen molar-refractivity contribution in [2.45, 2.75) is 45.1 Å². The van der Waals surface area contributed by atoms with Crippen molar-refractivity contribution in [1.82, 2.24) is 9.97 Å². The Kier molecular flexibility index (Phi) is 6.09. The molecule has 1 heterocycles. The average molecular weight is 387 g/mol. The quantitative estimate of drug-likeness (QED) is 0.512. The fourth-order valence-corrected chi connectivity index (χ4v) is 3.86. The van der Waals surface area contributed by atoms with E-state index in [1.807, 2.05) is 6.07 Å². The molecule has 4 heteroatoms. The Labute approximate surface area is 173 Å². The van der Waals surface area contributed by atoms with Gasteiger partial charge in [-0.05, 0) is 35.8 Å². The molecule has 1 aliphatic rings. The molecule has 0 aliphatic heterocycles. The highest BCUT2D eigenvalue weighted by atomic mass is 15.1. The Balaban J connectivity index is 1.56. The van der Waals surface area contributed by atoms with Gasteiger partial charge in [0.1, 0.15) is 5.82 Å². The summed E-state index contributed by atoms with van der Waals surface area (Å²) in [6.07, 6.45) is 2.40. The summed E-state index contributed by atoms with van der Waals surface area (Å²) in [6.45, 7) is 6.05. The van der Waals surface area contributed by atoms with Crippen LogP contribution in [0.15, 0.2) is 66.7 Å². The van der Waals surface area contributed by atoms with Crippen LogP contribution < -0.4 is 10.6 Å². The van der Waals surface area contributed by atoms with Crippen molar-refractivity contribution < 1.29 is 0 Å². The molecule has 1 fully saturated rings. The van der Waals surface area contributed by atoms with Crippen LogP contribution in [0.25, 0.3) is 0 Å². The van der Waals surface area contributed by atoms with Crippen molar-refractivity contribution in [2.24, 2.45) is 5.92 Å². The smallest absolute Gasteiger partial charge is 0.225 e. The molecule has 1 saturated carbocycles. The maximum atomic E-state index is 4.91. The number of hydrogen-bond acceptors (Lipinski definition) is 4. The first kappa shape index (κ1) is 19.4. The number of nitrogens with zero attached hydrogens (tertiary/aromatic N) is 2. The highest BCUT2D eigenvalue weighted by Crippen LogP contribution is 2.48. The first-order valence-corrected chi connectivity index (χ1v) is 10.6. The number of anilines is 2. The second kappa shape index (κ2) is 9.08. The predicted molar refractivity (Wildman–Crippen MR) is 120 cm³/mol. The summed E-state index contributed by atoms with van der Waals surface area (Å²) in [6, 6.07) is 23.4. The fraction of sp³-hybridized carbons (Fsp3) is 0.360.